The molecule has 2 aliphatic rings. The van der Waals surface area contributed by atoms with Gasteiger partial charge >= 0.3 is 6.03 Å². The topological polar surface area (TPSA) is 74.6 Å². The Hall–Kier alpha value is -1.82. The molecule has 0 radical (unpaired) electrons. The van der Waals surface area contributed by atoms with E-state index >= 15 is 0 Å². The molecule has 23 heavy (non-hydrogen) atoms. The predicted octanol–water partition coefficient (Wildman–Crippen LogP) is 2.12. The summed E-state index contributed by atoms with van der Waals surface area (Å²) in [5, 5.41) is 5.00. The molecule has 6 nitrogen and oxygen atoms in total. The monoisotopic (exact) mass is 319 g/mol. The van der Waals surface area contributed by atoms with Crippen LogP contribution >= 0.6 is 0 Å². The van der Waals surface area contributed by atoms with Crippen LogP contribution in [0.2, 0.25) is 0 Å². The summed E-state index contributed by atoms with van der Waals surface area (Å²) < 4.78 is 5.13. The average molecular weight is 319 g/mol. The van der Waals surface area contributed by atoms with Gasteiger partial charge in [0.05, 0.1) is 19.4 Å². The van der Waals surface area contributed by atoms with Crippen LogP contribution in [0.15, 0.2) is 22.8 Å². The van der Waals surface area contributed by atoms with Gasteiger partial charge in [-0.2, -0.15) is 0 Å². The predicted molar refractivity (Wildman–Crippen MR) is 85.6 cm³/mol. The normalized spacial score (nSPS) is 24.7. The molecule has 1 aliphatic heterocycles. The number of urea groups is 1. The molecule has 0 bridgehead atoms. The van der Waals surface area contributed by atoms with Gasteiger partial charge in [-0.05, 0) is 43.4 Å². The van der Waals surface area contributed by atoms with Crippen LogP contribution in [0.3, 0.4) is 0 Å². The Labute approximate surface area is 136 Å². The second-order valence-corrected chi connectivity index (χ2v) is 6.64. The van der Waals surface area contributed by atoms with Crippen molar-refractivity contribution in [2.75, 3.05) is 19.6 Å². The van der Waals surface area contributed by atoms with E-state index in [2.05, 4.69) is 15.5 Å². The van der Waals surface area contributed by atoms with Crippen LogP contribution < -0.4 is 10.6 Å². The minimum atomic E-state index is -0.473. The number of carbonyl (C=O) groups is 2. The number of imide groups is 1. The zero-order chi connectivity index (χ0) is 16.1. The van der Waals surface area contributed by atoms with E-state index in [1.165, 1.54) is 32.1 Å². The van der Waals surface area contributed by atoms with Crippen LogP contribution in [0.1, 0.15) is 37.9 Å². The van der Waals surface area contributed by atoms with Crippen LogP contribution in [0, 0.1) is 11.8 Å². The van der Waals surface area contributed by atoms with Crippen molar-refractivity contribution >= 4 is 11.9 Å². The van der Waals surface area contributed by atoms with Gasteiger partial charge < -0.3 is 9.73 Å². The van der Waals surface area contributed by atoms with Crippen LogP contribution in [0.25, 0.3) is 0 Å². The first kappa shape index (κ1) is 16.1. The number of piperidine rings is 1. The summed E-state index contributed by atoms with van der Waals surface area (Å²) in [4.78, 5) is 25.9. The number of amides is 3. The van der Waals surface area contributed by atoms with Crippen molar-refractivity contribution < 1.29 is 14.0 Å². The molecular formula is C17H25N3O3. The highest BCUT2D eigenvalue weighted by molar-refractivity contribution is 5.95. The molecular weight excluding hydrogens is 294 g/mol. The molecule has 0 spiro atoms. The van der Waals surface area contributed by atoms with Crippen molar-refractivity contribution in [3.63, 3.8) is 0 Å². The third-order valence-electron chi connectivity index (χ3n) is 5.00. The zero-order valence-corrected chi connectivity index (χ0v) is 13.4. The first-order valence-corrected chi connectivity index (χ1v) is 8.53. The zero-order valence-electron chi connectivity index (χ0n) is 13.4. The highest BCUT2D eigenvalue weighted by atomic mass is 16.3. The molecule has 0 aromatic carbocycles. The van der Waals surface area contributed by atoms with E-state index in [0.29, 0.717) is 12.3 Å². The summed E-state index contributed by atoms with van der Waals surface area (Å²) in [6.07, 6.45) is 8.04. The molecule has 2 unspecified atom stereocenters. The first-order chi connectivity index (χ1) is 11.2. The summed E-state index contributed by atoms with van der Waals surface area (Å²) in [5.41, 5.74) is 0. The maximum atomic E-state index is 12.0. The molecule has 1 saturated heterocycles. The average Bonchev–Trinajstić information content (AvgIpc) is 3.06. The second-order valence-electron chi connectivity index (χ2n) is 6.64. The molecule has 3 amide bonds. The molecule has 2 fully saturated rings. The van der Waals surface area contributed by atoms with E-state index in [1.807, 2.05) is 0 Å². The maximum absolute atomic E-state index is 12.0. The lowest BCUT2D eigenvalue weighted by Crippen LogP contribution is -2.48. The minimum Gasteiger partial charge on any atom is -0.467 e. The summed E-state index contributed by atoms with van der Waals surface area (Å²) >= 11 is 0. The molecule has 2 atom stereocenters. The Balaban J connectivity index is 1.38. The fraction of sp³-hybridized carbons (Fsp3) is 0.647. The largest absolute Gasteiger partial charge is 0.467 e. The molecule has 3 rings (SSSR count). The third-order valence-corrected chi connectivity index (χ3v) is 5.00. The molecule has 2 heterocycles. The molecule has 1 aromatic rings. The number of hydrogen-bond acceptors (Lipinski definition) is 4. The van der Waals surface area contributed by atoms with Gasteiger partial charge in [0.2, 0.25) is 5.91 Å². The van der Waals surface area contributed by atoms with E-state index in [0.717, 1.165) is 24.9 Å². The Morgan fingerprint density at radius 3 is 2.83 bits per heavy atom. The number of likely N-dealkylation sites (tertiary alicyclic amines) is 1. The quantitative estimate of drug-likeness (QED) is 0.891. The summed E-state index contributed by atoms with van der Waals surface area (Å²) in [6.45, 7) is 2.53. The summed E-state index contributed by atoms with van der Waals surface area (Å²) in [5.74, 6) is 2.00. The number of hydrogen-bond donors (Lipinski definition) is 2. The van der Waals surface area contributed by atoms with Gasteiger partial charge in [-0.15, -0.1) is 0 Å². The van der Waals surface area contributed by atoms with Gasteiger partial charge in [-0.1, -0.05) is 19.3 Å². The van der Waals surface area contributed by atoms with Crippen LogP contribution in [0.4, 0.5) is 4.79 Å². The Bertz CT molecular complexity index is 529. The lowest BCUT2D eigenvalue weighted by atomic mass is 9.75. The molecule has 1 aromatic heterocycles. The molecule has 126 valence electrons. The molecule has 1 aliphatic carbocycles. The van der Waals surface area contributed by atoms with Gasteiger partial charge in [-0.25, -0.2) is 4.79 Å². The number of nitrogens with one attached hydrogen (secondary N) is 2. The van der Waals surface area contributed by atoms with Crippen molar-refractivity contribution in [3.8, 4) is 0 Å². The van der Waals surface area contributed by atoms with Crippen molar-refractivity contribution in [2.24, 2.45) is 11.8 Å². The van der Waals surface area contributed by atoms with Crippen LogP contribution in [-0.4, -0.2) is 36.5 Å². The highest BCUT2D eigenvalue weighted by Crippen LogP contribution is 2.35. The van der Waals surface area contributed by atoms with Crippen LogP contribution in [0.5, 0.6) is 0 Å². The number of furan rings is 1. The van der Waals surface area contributed by atoms with Gasteiger partial charge in [0, 0.05) is 6.54 Å². The van der Waals surface area contributed by atoms with Crippen molar-refractivity contribution in [3.05, 3.63) is 24.2 Å². The van der Waals surface area contributed by atoms with Crippen molar-refractivity contribution in [1.82, 2.24) is 15.5 Å². The number of nitrogens with zero attached hydrogens (tertiary/aromatic N) is 1. The lowest BCUT2D eigenvalue weighted by Gasteiger charge is -2.41. The Kier molecular flexibility index (Phi) is 5.33. The van der Waals surface area contributed by atoms with Gasteiger partial charge in [0.1, 0.15) is 5.76 Å². The number of rotatable bonds is 4. The fourth-order valence-corrected chi connectivity index (χ4v) is 3.81. The van der Waals surface area contributed by atoms with E-state index in [1.54, 1.807) is 18.4 Å². The van der Waals surface area contributed by atoms with E-state index in [9.17, 15) is 9.59 Å². The van der Waals surface area contributed by atoms with Gasteiger partial charge in [0.25, 0.3) is 0 Å². The maximum Gasteiger partial charge on any atom is 0.321 e. The minimum absolute atomic E-state index is 0.240. The first-order valence-electron chi connectivity index (χ1n) is 8.53. The second kappa shape index (κ2) is 7.64. The number of fused-ring (bicyclic) bond motifs is 1. The summed E-state index contributed by atoms with van der Waals surface area (Å²) in [7, 11) is 0. The number of carbonyl (C=O) groups excluding carboxylic acids is 2. The standard InChI is InChI=1S/C17H25N3O3/c21-16(19-17(22)18-10-15-6-3-9-23-15)12-20-8-7-13-4-1-2-5-14(13)11-20/h3,6,9,13-14H,1-2,4-5,7-8,10-12H2,(H2,18,19,21,22). The Morgan fingerprint density at radius 2 is 2.04 bits per heavy atom. The van der Waals surface area contributed by atoms with Crippen molar-refractivity contribution in [2.45, 2.75) is 38.6 Å². The molecule has 6 heteroatoms. The highest BCUT2D eigenvalue weighted by Gasteiger charge is 2.31. The molecule has 1 saturated carbocycles. The fourth-order valence-electron chi connectivity index (χ4n) is 3.81. The van der Waals surface area contributed by atoms with Gasteiger partial charge in [0.15, 0.2) is 0 Å². The third kappa shape index (κ3) is 4.58. The lowest BCUT2D eigenvalue weighted by molar-refractivity contribution is -0.121. The van der Waals surface area contributed by atoms with E-state index in [4.69, 9.17) is 4.42 Å². The molecule has 2 N–H and O–H groups in total. The smallest absolute Gasteiger partial charge is 0.321 e. The Morgan fingerprint density at radius 1 is 1.22 bits per heavy atom. The van der Waals surface area contributed by atoms with E-state index in [-0.39, 0.29) is 12.5 Å². The summed E-state index contributed by atoms with van der Waals surface area (Å²) in [6, 6.07) is 3.06. The van der Waals surface area contributed by atoms with Crippen LogP contribution in [-0.2, 0) is 11.3 Å². The van der Waals surface area contributed by atoms with E-state index < -0.39 is 6.03 Å². The van der Waals surface area contributed by atoms with Gasteiger partial charge in [-0.3, -0.25) is 15.0 Å². The van der Waals surface area contributed by atoms with Crippen molar-refractivity contribution in [1.29, 1.82) is 0 Å². The SMILES string of the molecule is O=C(CN1CCC2CCCCC2C1)NC(=O)NCc1ccco1.